The van der Waals surface area contributed by atoms with Gasteiger partial charge in [0, 0.05) is 10.6 Å². The summed E-state index contributed by atoms with van der Waals surface area (Å²) in [6, 6.07) is 12.5. The molecule has 0 amide bonds. The zero-order chi connectivity index (χ0) is 16.0. The van der Waals surface area contributed by atoms with Crippen LogP contribution >= 0.6 is 11.6 Å². The van der Waals surface area contributed by atoms with Gasteiger partial charge in [0.2, 0.25) is 0 Å². The van der Waals surface area contributed by atoms with Crippen molar-refractivity contribution < 1.29 is 4.79 Å². The fourth-order valence-electron chi connectivity index (χ4n) is 1.90. The number of carbonyl (C=O) groups is 1. The van der Waals surface area contributed by atoms with Gasteiger partial charge in [-0.1, -0.05) is 18.5 Å². The minimum Gasteiger partial charge on any atom is -0.294 e. The third-order valence-corrected chi connectivity index (χ3v) is 3.54. The molecule has 0 aliphatic heterocycles. The zero-order valence-electron chi connectivity index (χ0n) is 11.0. The minimum absolute atomic E-state index is 0.261. The van der Waals surface area contributed by atoms with E-state index in [4.69, 9.17) is 22.1 Å². The summed E-state index contributed by atoms with van der Waals surface area (Å²) in [6.07, 6.45) is 0. The monoisotopic (exact) mass is 296 g/mol. The molecule has 0 aromatic heterocycles. The van der Waals surface area contributed by atoms with E-state index in [1.807, 2.05) is 0 Å². The SMILES string of the molecule is CC(C(=O)c1ccc(Cl)cc1)C(C#N)(C#N)C(C#N)C#N. The van der Waals surface area contributed by atoms with Gasteiger partial charge in [-0.2, -0.15) is 21.0 Å². The maximum Gasteiger partial charge on any atom is 0.182 e. The Bertz CT molecular complexity index is 685. The molecule has 102 valence electrons. The van der Waals surface area contributed by atoms with Crippen molar-refractivity contribution in [1.82, 2.24) is 0 Å². The molecule has 0 saturated carbocycles. The molecule has 0 N–H and O–H groups in total. The maximum absolute atomic E-state index is 12.4. The number of ketones is 1. The molecule has 0 aliphatic rings. The van der Waals surface area contributed by atoms with Crippen molar-refractivity contribution in [2.24, 2.45) is 17.3 Å². The molecule has 21 heavy (non-hydrogen) atoms. The fraction of sp³-hybridized carbons (Fsp3) is 0.267. The normalized spacial score (nSPS) is 11.6. The lowest BCUT2D eigenvalue weighted by molar-refractivity contribution is 0.0864. The highest BCUT2D eigenvalue weighted by Gasteiger charge is 2.49. The van der Waals surface area contributed by atoms with Gasteiger partial charge in [-0.15, -0.1) is 0 Å². The van der Waals surface area contributed by atoms with Crippen LogP contribution in [0.4, 0.5) is 0 Å². The van der Waals surface area contributed by atoms with Crippen LogP contribution in [0.2, 0.25) is 5.02 Å². The Morgan fingerprint density at radius 2 is 1.57 bits per heavy atom. The molecular formula is C15H9ClN4O. The summed E-state index contributed by atoms with van der Waals surface area (Å²) in [6.45, 7) is 1.37. The second-order valence-corrected chi connectivity index (χ2v) is 4.81. The summed E-state index contributed by atoms with van der Waals surface area (Å²) in [5, 5.41) is 36.9. The smallest absolute Gasteiger partial charge is 0.182 e. The Balaban J connectivity index is 3.29. The van der Waals surface area contributed by atoms with Crippen molar-refractivity contribution in [3.05, 3.63) is 34.9 Å². The number of benzene rings is 1. The molecule has 1 aromatic carbocycles. The zero-order valence-corrected chi connectivity index (χ0v) is 11.8. The van der Waals surface area contributed by atoms with E-state index >= 15 is 0 Å². The van der Waals surface area contributed by atoms with Gasteiger partial charge in [-0.3, -0.25) is 4.79 Å². The Hall–Kier alpha value is -2.86. The Morgan fingerprint density at radius 3 is 1.95 bits per heavy atom. The first-order valence-corrected chi connectivity index (χ1v) is 6.26. The standard InChI is InChI=1S/C15H9ClN4O/c1-10(14(21)11-2-4-13(16)5-3-11)15(8-19,9-20)12(6-17)7-18/h2-5,10,12H,1H3. The van der Waals surface area contributed by atoms with E-state index in [2.05, 4.69) is 0 Å². The molecule has 1 aromatic rings. The number of nitriles is 4. The lowest BCUT2D eigenvalue weighted by atomic mass is 9.67. The number of hydrogen-bond acceptors (Lipinski definition) is 5. The second-order valence-electron chi connectivity index (χ2n) is 4.38. The van der Waals surface area contributed by atoms with E-state index in [9.17, 15) is 15.3 Å². The Morgan fingerprint density at radius 1 is 1.10 bits per heavy atom. The van der Waals surface area contributed by atoms with E-state index in [1.54, 1.807) is 24.3 Å². The van der Waals surface area contributed by atoms with E-state index in [0.717, 1.165) is 0 Å². The first-order chi connectivity index (χ1) is 9.96. The first kappa shape index (κ1) is 16.2. The van der Waals surface area contributed by atoms with Crippen LogP contribution in [0.1, 0.15) is 17.3 Å². The largest absolute Gasteiger partial charge is 0.294 e. The molecule has 0 saturated heterocycles. The van der Waals surface area contributed by atoms with Crippen LogP contribution in [0.3, 0.4) is 0 Å². The molecule has 1 atom stereocenters. The predicted octanol–water partition coefficient (Wildman–Crippen LogP) is 2.86. The molecule has 1 rings (SSSR count). The quantitative estimate of drug-likeness (QED) is 0.793. The van der Waals surface area contributed by atoms with Crippen molar-refractivity contribution in [3.63, 3.8) is 0 Å². The molecule has 0 heterocycles. The summed E-state index contributed by atoms with van der Waals surface area (Å²) in [7, 11) is 0. The molecule has 0 bridgehead atoms. The van der Waals surface area contributed by atoms with Crippen LogP contribution in [-0.2, 0) is 0 Å². The lowest BCUT2D eigenvalue weighted by Gasteiger charge is -2.25. The second kappa shape index (κ2) is 6.53. The summed E-state index contributed by atoms with van der Waals surface area (Å²) in [5.74, 6) is -3.14. The van der Waals surface area contributed by atoms with E-state index < -0.39 is 23.0 Å². The van der Waals surface area contributed by atoms with Crippen molar-refractivity contribution in [2.75, 3.05) is 0 Å². The van der Waals surface area contributed by atoms with Crippen LogP contribution in [-0.4, -0.2) is 5.78 Å². The molecule has 1 unspecified atom stereocenters. The van der Waals surface area contributed by atoms with Gasteiger partial charge < -0.3 is 0 Å². The fourth-order valence-corrected chi connectivity index (χ4v) is 2.03. The number of hydrogen-bond donors (Lipinski definition) is 0. The topological polar surface area (TPSA) is 112 Å². The van der Waals surface area contributed by atoms with E-state index in [1.165, 1.54) is 31.2 Å². The van der Waals surface area contributed by atoms with Crippen LogP contribution in [0.15, 0.2) is 24.3 Å². The van der Waals surface area contributed by atoms with E-state index in [0.29, 0.717) is 5.02 Å². The van der Waals surface area contributed by atoms with Gasteiger partial charge in [0.25, 0.3) is 0 Å². The van der Waals surface area contributed by atoms with Gasteiger partial charge >= 0.3 is 0 Å². The highest BCUT2D eigenvalue weighted by Crippen LogP contribution is 2.36. The molecule has 6 heteroatoms. The van der Waals surface area contributed by atoms with Gasteiger partial charge in [-0.25, -0.2) is 0 Å². The van der Waals surface area contributed by atoms with Crippen LogP contribution in [0.5, 0.6) is 0 Å². The van der Waals surface area contributed by atoms with Gasteiger partial charge in [0.1, 0.15) is 0 Å². The number of carbonyl (C=O) groups excluding carboxylic acids is 1. The summed E-state index contributed by atoms with van der Waals surface area (Å²) >= 11 is 5.73. The first-order valence-electron chi connectivity index (χ1n) is 5.88. The van der Waals surface area contributed by atoms with Crippen LogP contribution < -0.4 is 0 Å². The molecule has 0 spiro atoms. The predicted molar refractivity (Wildman–Crippen MR) is 73.3 cm³/mol. The number of nitrogens with zero attached hydrogens (tertiary/aromatic N) is 4. The van der Waals surface area contributed by atoms with Crippen LogP contribution in [0, 0.1) is 62.6 Å². The highest BCUT2D eigenvalue weighted by molar-refractivity contribution is 6.30. The summed E-state index contributed by atoms with van der Waals surface area (Å²) in [4.78, 5) is 12.4. The highest BCUT2D eigenvalue weighted by atomic mass is 35.5. The van der Waals surface area contributed by atoms with E-state index in [-0.39, 0.29) is 5.56 Å². The average molecular weight is 297 g/mol. The minimum atomic E-state index is -2.01. The Labute approximate surface area is 127 Å². The molecule has 0 fully saturated rings. The van der Waals surface area contributed by atoms with Gasteiger partial charge in [0.15, 0.2) is 17.1 Å². The average Bonchev–Trinajstić information content (AvgIpc) is 2.52. The van der Waals surface area contributed by atoms with Crippen LogP contribution in [0.25, 0.3) is 0 Å². The maximum atomic E-state index is 12.4. The molecule has 0 radical (unpaired) electrons. The summed E-state index contributed by atoms with van der Waals surface area (Å²) < 4.78 is 0. The molecular weight excluding hydrogens is 288 g/mol. The van der Waals surface area contributed by atoms with Crippen molar-refractivity contribution in [1.29, 1.82) is 21.0 Å². The van der Waals surface area contributed by atoms with Crippen molar-refractivity contribution in [3.8, 4) is 24.3 Å². The summed E-state index contributed by atoms with van der Waals surface area (Å²) in [5.41, 5.74) is -1.75. The third-order valence-electron chi connectivity index (χ3n) is 3.29. The Kier molecular flexibility index (Phi) is 5.04. The lowest BCUT2D eigenvalue weighted by Crippen LogP contribution is -2.37. The molecule has 0 aliphatic carbocycles. The van der Waals surface area contributed by atoms with Crippen molar-refractivity contribution >= 4 is 17.4 Å². The number of rotatable bonds is 4. The van der Waals surface area contributed by atoms with Gasteiger partial charge in [0.05, 0.1) is 30.2 Å². The van der Waals surface area contributed by atoms with Gasteiger partial charge in [-0.05, 0) is 24.3 Å². The number of halogens is 1. The molecule has 5 nitrogen and oxygen atoms in total. The third kappa shape index (κ3) is 2.85. The number of Topliss-reactive ketones (excluding diaryl/α,β-unsaturated/α-hetero) is 1. The van der Waals surface area contributed by atoms with Crippen molar-refractivity contribution in [2.45, 2.75) is 6.92 Å².